The third-order valence-electron chi connectivity index (χ3n) is 17.2. The summed E-state index contributed by atoms with van der Waals surface area (Å²) in [4.78, 5) is 5.08. The first kappa shape index (κ1) is 50.8. The van der Waals surface area contributed by atoms with Crippen LogP contribution < -0.4 is 9.47 Å². The molecular weight excluding hydrogens is 1200 g/mol. The summed E-state index contributed by atoms with van der Waals surface area (Å²) in [5, 5.41) is 2.26. The summed E-state index contributed by atoms with van der Waals surface area (Å²) in [6, 6.07) is 83.7. The van der Waals surface area contributed by atoms with Gasteiger partial charge in [-0.05, 0) is 52.9 Å². The van der Waals surface area contributed by atoms with E-state index in [4.69, 9.17) is 14.5 Å². The molecule has 0 unspecified atom stereocenters. The molecule has 15 rings (SSSR count). The Hall–Kier alpha value is -9.09. The van der Waals surface area contributed by atoms with Crippen LogP contribution in [0, 0.1) is 10.7 Å². The molecule has 1 spiro atoms. The Morgan fingerprint density at radius 1 is 0.434 bits per heavy atom. The number of imidazole rings is 1. The van der Waals surface area contributed by atoms with Gasteiger partial charge in [-0.25, -0.2) is 0 Å². The summed E-state index contributed by atoms with van der Waals surface area (Å²) in [6.07, 6.45) is 1.91. The SMILES string of the molecule is Cc1ccnc(-n2c3cc(Oc4cccc(-n5[c](=[Pt])n(-c6c(-c7ccccc7)cccc6-c6cc(C(C)(C)C)cc(C(C)(C)C)c6)c6ccccc65)c4)ccc3c3cc4c(cc32)C2(c3ccccc3Oc3ccccc32)c2ccccc2-4)c1. The summed E-state index contributed by atoms with van der Waals surface area (Å²) in [5.74, 6) is 4.04. The fourth-order valence-electron chi connectivity index (χ4n) is 13.2. The van der Waals surface area contributed by atoms with Gasteiger partial charge in [0.1, 0.15) is 11.5 Å². The normalized spacial score (nSPS) is 13.3. The van der Waals surface area contributed by atoms with E-state index in [-0.39, 0.29) is 10.8 Å². The minimum absolute atomic E-state index is 0.0508. The van der Waals surface area contributed by atoms with Crippen molar-refractivity contribution < 1.29 is 28.8 Å². The molecule has 3 aromatic heterocycles. The Kier molecular flexibility index (Phi) is 11.6. The maximum absolute atomic E-state index is 7.06. The zero-order chi connectivity index (χ0) is 56.5. The predicted molar refractivity (Wildman–Crippen MR) is 335 cm³/mol. The second kappa shape index (κ2) is 19.0. The number of ether oxygens (including phenoxy) is 2. The first-order valence-electron chi connectivity index (χ1n) is 28.6. The Labute approximate surface area is 494 Å². The minimum Gasteiger partial charge on any atom is -0.457 e. The number of pyridine rings is 1. The van der Waals surface area contributed by atoms with E-state index in [1.807, 2.05) is 6.20 Å². The molecule has 0 fully saturated rings. The number of fused-ring (bicyclic) bond motifs is 13. The van der Waals surface area contributed by atoms with Crippen molar-refractivity contribution in [2.24, 2.45) is 0 Å². The molecule has 10 aromatic carbocycles. The van der Waals surface area contributed by atoms with Crippen LogP contribution in [-0.4, -0.2) is 18.7 Å². The number of benzene rings is 10. The van der Waals surface area contributed by atoms with Gasteiger partial charge in [-0.15, -0.1) is 0 Å². The molecule has 0 bridgehead atoms. The third-order valence-corrected chi connectivity index (χ3v) is 18.2. The van der Waals surface area contributed by atoms with Gasteiger partial charge in [0.2, 0.25) is 0 Å². The third kappa shape index (κ3) is 8.01. The van der Waals surface area contributed by atoms with Gasteiger partial charge in [-0.1, -0.05) is 60.7 Å². The Bertz CT molecular complexity index is 4790. The van der Waals surface area contributed by atoms with Crippen LogP contribution in [-0.2, 0) is 35.6 Å². The molecule has 6 nitrogen and oxygen atoms in total. The summed E-state index contributed by atoms with van der Waals surface area (Å²) in [7, 11) is 0. The van der Waals surface area contributed by atoms with Gasteiger partial charge in [0.25, 0.3) is 0 Å². The monoisotopic (exact) mass is 1260 g/mol. The Morgan fingerprint density at radius 2 is 1.02 bits per heavy atom. The topological polar surface area (TPSA) is 46.1 Å². The van der Waals surface area contributed by atoms with Crippen molar-refractivity contribution in [1.29, 1.82) is 0 Å². The molecule has 0 amide bonds. The number of para-hydroxylation sites is 5. The van der Waals surface area contributed by atoms with Gasteiger partial charge in [0.15, 0.2) is 0 Å². The van der Waals surface area contributed by atoms with Gasteiger partial charge >= 0.3 is 346 Å². The van der Waals surface area contributed by atoms with E-state index < -0.39 is 5.41 Å². The van der Waals surface area contributed by atoms with Gasteiger partial charge < -0.3 is 4.74 Å². The van der Waals surface area contributed by atoms with E-state index in [1.165, 1.54) is 44.5 Å². The van der Waals surface area contributed by atoms with Crippen LogP contribution in [0.15, 0.2) is 237 Å². The van der Waals surface area contributed by atoms with Crippen LogP contribution in [0.1, 0.15) is 80.5 Å². The van der Waals surface area contributed by atoms with E-state index >= 15 is 0 Å². The molecule has 7 heteroatoms. The molecule has 2 aliphatic rings. The second-order valence-electron chi connectivity index (χ2n) is 24.4. The molecule has 0 saturated carbocycles. The average molecular weight is 1260 g/mol. The van der Waals surface area contributed by atoms with Crippen molar-refractivity contribution >= 4 is 32.8 Å². The van der Waals surface area contributed by atoms with E-state index in [2.05, 4.69) is 312 Å². The standard InChI is InChI=1S/C76H60N4O2.Pt/c1-48-37-38-77-72(39-48)80-68-44-55(35-36-59(68)61-45-60-58-25-11-12-28-62(58)76(65(60)46-69(61)80)63-29-13-17-33-70(63)82-71-34-18-14-30-64(71)76)81-54-24-19-23-53(43-54)78-47-79(67-32-16-15-31-66(67)78)73-56(49-21-9-8-10-22-49)26-20-27-57(73)50-40-51(74(2,3)4)42-52(41-50)75(5,6)7;/h8-46H,1-7H3;. The maximum atomic E-state index is 7.06. The van der Waals surface area contributed by atoms with E-state index in [0.29, 0.717) is 0 Å². The molecule has 0 saturated heterocycles. The smallest absolute Gasteiger partial charge is 0.457 e. The predicted octanol–water partition coefficient (Wildman–Crippen LogP) is 19.5. The first-order chi connectivity index (χ1) is 40.2. The van der Waals surface area contributed by atoms with Crippen molar-refractivity contribution in [3.8, 4) is 73.6 Å². The number of aryl methyl sites for hydroxylation is 1. The van der Waals surface area contributed by atoms with Crippen molar-refractivity contribution in [2.75, 3.05) is 0 Å². The summed E-state index contributed by atoms with van der Waals surface area (Å²) < 4.78 is 22.0. The fraction of sp³-hybridized carbons (Fsp3) is 0.132. The summed E-state index contributed by atoms with van der Waals surface area (Å²) >= 11 is 2.55. The molecule has 406 valence electrons. The van der Waals surface area contributed by atoms with Crippen LogP contribution in [0.3, 0.4) is 0 Å². The molecule has 4 heterocycles. The summed E-state index contributed by atoms with van der Waals surface area (Å²) in [5.41, 5.74) is 21.3. The van der Waals surface area contributed by atoms with E-state index in [0.717, 1.165) is 105 Å². The molecular formula is C76H60N4O2Pt. The van der Waals surface area contributed by atoms with Gasteiger partial charge in [-0.2, -0.15) is 0 Å². The number of hydrogen-bond acceptors (Lipinski definition) is 3. The quantitative estimate of drug-likeness (QED) is 0.160. The summed E-state index contributed by atoms with van der Waals surface area (Å²) in [6.45, 7) is 16.0. The van der Waals surface area contributed by atoms with Gasteiger partial charge in [0, 0.05) is 17.3 Å². The average Bonchev–Trinajstić information content (AvgIpc) is 2.18. The molecule has 13 aromatic rings. The molecule has 1 aliphatic heterocycles. The Morgan fingerprint density at radius 3 is 1.72 bits per heavy atom. The van der Waals surface area contributed by atoms with E-state index in [1.54, 1.807) is 0 Å². The second-order valence-corrected chi connectivity index (χ2v) is 25.4. The number of rotatable bonds is 7. The Balaban J connectivity index is 0.891. The van der Waals surface area contributed by atoms with Crippen molar-refractivity contribution in [3.05, 3.63) is 279 Å². The van der Waals surface area contributed by atoms with Crippen LogP contribution in [0.4, 0.5) is 0 Å². The number of aromatic nitrogens is 4. The van der Waals surface area contributed by atoms with Crippen molar-refractivity contribution in [2.45, 2.75) is 64.7 Å². The van der Waals surface area contributed by atoms with Crippen LogP contribution >= 0.6 is 0 Å². The fourth-order valence-corrected chi connectivity index (χ4v) is 14.3. The first-order valence-corrected chi connectivity index (χ1v) is 29.7. The van der Waals surface area contributed by atoms with Gasteiger partial charge in [0.05, 0.1) is 5.41 Å². The zero-order valence-corrected chi connectivity index (χ0v) is 49.7. The number of hydrogen-bond donors (Lipinski definition) is 0. The van der Waals surface area contributed by atoms with E-state index in [9.17, 15) is 0 Å². The molecule has 0 atom stereocenters. The van der Waals surface area contributed by atoms with Crippen molar-refractivity contribution in [1.82, 2.24) is 18.7 Å². The zero-order valence-electron chi connectivity index (χ0n) is 47.4. The number of nitrogens with zero attached hydrogens (tertiary/aromatic N) is 4. The van der Waals surface area contributed by atoms with Crippen LogP contribution in [0.25, 0.3) is 83.4 Å². The minimum atomic E-state index is -0.615. The molecule has 83 heavy (non-hydrogen) atoms. The van der Waals surface area contributed by atoms with Crippen LogP contribution in [0.2, 0.25) is 0 Å². The molecule has 0 radical (unpaired) electrons. The molecule has 1 aliphatic carbocycles. The van der Waals surface area contributed by atoms with Crippen LogP contribution in [0.5, 0.6) is 23.0 Å². The molecule has 0 N–H and O–H groups in total. The van der Waals surface area contributed by atoms with Gasteiger partial charge in [-0.3, -0.25) is 0 Å². The van der Waals surface area contributed by atoms with Crippen molar-refractivity contribution in [3.63, 3.8) is 0 Å².